The first-order chi connectivity index (χ1) is 5.79. The van der Waals surface area contributed by atoms with Crippen LogP contribution in [0.1, 0.15) is 18.4 Å². The molecule has 0 unspecified atom stereocenters. The highest BCUT2D eigenvalue weighted by molar-refractivity contribution is 7.83. The summed E-state index contributed by atoms with van der Waals surface area (Å²) >= 11 is 10.4. The Morgan fingerprint density at radius 1 is 1.25 bits per heavy atom. The Morgan fingerprint density at radius 3 is 2.50 bits per heavy atom. The van der Waals surface area contributed by atoms with Crippen LogP contribution in [0.25, 0.3) is 0 Å². The van der Waals surface area contributed by atoms with Crippen molar-refractivity contribution in [1.29, 1.82) is 0 Å². The maximum atomic E-state index is 5.58. The van der Waals surface area contributed by atoms with Crippen LogP contribution in [0.15, 0.2) is 30.3 Å². The SMILES string of the molecule is S=C(Cl)CCCc1ccccc1. The first-order valence-electron chi connectivity index (χ1n) is 4.01. The maximum absolute atomic E-state index is 5.58. The minimum atomic E-state index is 0.589. The van der Waals surface area contributed by atoms with Crippen LogP contribution >= 0.6 is 23.8 Å². The van der Waals surface area contributed by atoms with Gasteiger partial charge in [0.15, 0.2) is 0 Å². The van der Waals surface area contributed by atoms with E-state index in [1.54, 1.807) is 0 Å². The second-order valence-electron chi connectivity index (χ2n) is 2.69. The van der Waals surface area contributed by atoms with Gasteiger partial charge in [-0.15, -0.1) is 0 Å². The molecule has 0 N–H and O–H groups in total. The average Bonchev–Trinajstić information content (AvgIpc) is 2.05. The van der Waals surface area contributed by atoms with Crippen LogP contribution in [0, 0.1) is 0 Å². The van der Waals surface area contributed by atoms with E-state index in [1.807, 2.05) is 18.2 Å². The lowest BCUT2D eigenvalue weighted by atomic mass is 10.1. The summed E-state index contributed by atoms with van der Waals surface area (Å²) in [5, 5.41) is 0. The van der Waals surface area contributed by atoms with Crippen molar-refractivity contribution >= 4 is 28.1 Å². The molecular formula is C10H11ClS. The Balaban J connectivity index is 2.29. The molecule has 0 heterocycles. The molecule has 0 bridgehead atoms. The normalized spacial score (nSPS) is 9.75. The van der Waals surface area contributed by atoms with Crippen molar-refractivity contribution < 1.29 is 0 Å². The number of rotatable bonds is 4. The monoisotopic (exact) mass is 198 g/mol. The highest BCUT2D eigenvalue weighted by Crippen LogP contribution is 2.06. The predicted octanol–water partition coefficient (Wildman–Crippen LogP) is 3.58. The van der Waals surface area contributed by atoms with E-state index in [4.69, 9.17) is 23.8 Å². The van der Waals surface area contributed by atoms with E-state index in [1.165, 1.54) is 5.56 Å². The van der Waals surface area contributed by atoms with Crippen LogP contribution in [-0.2, 0) is 6.42 Å². The van der Waals surface area contributed by atoms with E-state index in [0.29, 0.717) is 4.32 Å². The van der Waals surface area contributed by atoms with E-state index >= 15 is 0 Å². The zero-order chi connectivity index (χ0) is 8.81. The number of thiocarbonyl (C=S) groups is 1. The van der Waals surface area contributed by atoms with E-state index in [2.05, 4.69) is 12.1 Å². The van der Waals surface area contributed by atoms with Crippen molar-refractivity contribution in [3.05, 3.63) is 35.9 Å². The summed E-state index contributed by atoms with van der Waals surface area (Å²) in [7, 11) is 0. The lowest BCUT2D eigenvalue weighted by Gasteiger charge is -1.98. The summed E-state index contributed by atoms with van der Waals surface area (Å²) in [5.74, 6) is 0. The van der Waals surface area contributed by atoms with Crippen molar-refractivity contribution in [2.24, 2.45) is 0 Å². The fourth-order valence-electron chi connectivity index (χ4n) is 1.08. The van der Waals surface area contributed by atoms with Gasteiger partial charge in [-0.3, -0.25) is 0 Å². The third-order valence-corrected chi connectivity index (χ3v) is 2.07. The van der Waals surface area contributed by atoms with Crippen LogP contribution in [0.3, 0.4) is 0 Å². The molecule has 0 aliphatic heterocycles. The molecule has 0 aromatic heterocycles. The first-order valence-corrected chi connectivity index (χ1v) is 4.80. The quantitative estimate of drug-likeness (QED) is 0.527. The summed E-state index contributed by atoms with van der Waals surface area (Å²) in [4.78, 5) is 0. The van der Waals surface area contributed by atoms with Gasteiger partial charge in [-0.25, -0.2) is 0 Å². The Bertz CT molecular complexity index is 243. The van der Waals surface area contributed by atoms with E-state index in [9.17, 15) is 0 Å². The summed E-state index contributed by atoms with van der Waals surface area (Å²) < 4.78 is 0.589. The van der Waals surface area contributed by atoms with Crippen LogP contribution in [0.2, 0.25) is 0 Å². The third-order valence-electron chi connectivity index (χ3n) is 1.68. The molecule has 0 atom stereocenters. The van der Waals surface area contributed by atoms with Gasteiger partial charge in [0.2, 0.25) is 0 Å². The van der Waals surface area contributed by atoms with E-state index < -0.39 is 0 Å². The molecule has 0 saturated heterocycles. The van der Waals surface area contributed by atoms with Crippen LogP contribution in [0.5, 0.6) is 0 Å². The first kappa shape index (κ1) is 9.69. The minimum absolute atomic E-state index is 0.589. The van der Waals surface area contributed by atoms with Gasteiger partial charge in [0.25, 0.3) is 0 Å². The van der Waals surface area contributed by atoms with Crippen LogP contribution < -0.4 is 0 Å². The number of hydrogen-bond donors (Lipinski definition) is 0. The highest BCUT2D eigenvalue weighted by atomic mass is 35.5. The number of benzene rings is 1. The van der Waals surface area contributed by atoms with Gasteiger partial charge < -0.3 is 0 Å². The maximum Gasteiger partial charge on any atom is 0.0808 e. The van der Waals surface area contributed by atoms with E-state index in [-0.39, 0.29) is 0 Å². The van der Waals surface area contributed by atoms with E-state index in [0.717, 1.165) is 19.3 Å². The molecule has 0 amide bonds. The minimum Gasteiger partial charge on any atom is -0.0765 e. The van der Waals surface area contributed by atoms with Gasteiger partial charge in [-0.1, -0.05) is 54.2 Å². The van der Waals surface area contributed by atoms with Crippen molar-refractivity contribution in [3.8, 4) is 0 Å². The summed E-state index contributed by atoms with van der Waals surface area (Å²) in [5.41, 5.74) is 1.35. The number of aryl methyl sites for hydroxylation is 1. The van der Waals surface area contributed by atoms with Crippen LogP contribution in [-0.4, -0.2) is 4.32 Å². The number of hydrogen-bond acceptors (Lipinski definition) is 1. The standard InChI is InChI=1S/C10H11ClS/c11-10(12)8-4-7-9-5-2-1-3-6-9/h1-3,5-6H,4,7-8H2. The van der Waals surface area contributed by atoms with Gasteiger partial charge in [0.1, 0.15) is 0 Å². The second-order valence-corrected chi connectivity index (χ2v) is 3.87. The Hall–Kier alpha value is -0.400. The molecular weight excluding hydrogens is 188 g/mol. The summed E-state index contributed by atoms with van der Waals surface area (Å²) in [6.07, 6.45) is 2.95. The molecule has 0 aliphatic carbocycles. The Labute approximate surface area is 83.6 Å². The fraction of sp³-hybridized carbons (Fsp3) is 0.300. The number of halogens is 1. The van der Waals surface area contributed by atoms with Gasteiger partial charge in [-0.2, -0.15) is 0 Å². The average molecular weight is 199 g/mol. The molecule has 1 aromatic rings. The highest BCUT2D eigenvalue weighted by Gasteiger charge is 1.93. The molecule has 2 heteroatoms. The Morgan fingerprint density at radius 2 is 1.92 bits per heavy atom. The molecule has 0 fully saturated rings. The summed E-state index contributed by atoms with van der Waals surface area (Å²) in [6.45, 7) is 0. The molecule has 0 saturated carbocycles. The largest absolute Gasteiger partial charge is 0.0808 e. The second kappa shape index (κ2) is 5.28. The molecule has 0 nitrogen and oxygen atoms in total. The smallest absolute Gasteiger partial charge is 0.0765 e. The third kappa shape index (κ3) is 3.84. The molecule has 64 valence electrons. The summed E-state index contributed by atoms with van der Waals surface area (Å²) in [6, 6.07) is 10.4. The zero-order valence-electron chi connectivity index (χ0n) is 6.79. The van der Waals surface area contributed by atoms with Gasteiger partial charge in [-0.05, 0) is 24.8 Å². The Kier molecular flexibility index (Phi) is 4.26. The van der Waals surface area contributed by atoms with Crippen molar-refractivity contribution in [1.82, 2.24) is 0 Å². The van der Waals surface area contributed by atoms with Crippen molar-refractivity contribution in [2.75, 3.05) is 0 Å². The van der Waals surface area contributed by atoms with Crippen molar-refractivity contribution in [2.45, 2.75) is 19.3 Å². The molecule has 0 radical (unpaired) electrons. The predicted molar refractivity (Wildman–Crippen MR) is 57.8 cm³/mol. The molecule has 12 heavy (non-hydrogen) atoms. The molecule has 0 spiro atoms. The zero-order valence-corrected chi connectivity index (χ0v) is 8.37. The van der Waals surface area contributed by atoms with Crippen molar-refractivity contribution in [3.63, 3.8) is 0 Å². The molecule has 0 aliphatic rings. The van der Waals surface area contributed by atoms with Gasteiger partial charge in [0, 0.05) is 0 Å². The molecule has 1 rings (SSSR count). The van der Waals surface area contributed by atoms with Gasteiger partial charge in [0.05, 0.1) is 4.32 Å². The lowest BCUT2D eigenvalue weighted by molar-refractivity contribution is 0.876. The molecule has 1 aromatic carbocycles. The fourth-order valence-corrected chi connectivity index (χ4v) is 1.35. The van der Waals surface area contributed by atoms with Crippen LogP contribution in [0.4, 0.5) is 0 Å². The lowest BCUT2D eigenvalue weighted by Crippen LogP contribution is -1.87. The van der Waals surface area contributed by atoms with Gasteiger partial charge >= 0.3 is 0 Å². The topological polar surface area (TPSA) is 0 Å².